The molecule has 2 aliphatic rings. The van der Waals surface area contributed by atoms with Crippen molar-refractivity contribution in [2.75, 3.05) is 44.8 Å². The number of likely N-dealkylation sites (tertiary alicyclic amines) is 1. The molecule has 180 valence electrons. The van der Waals surface area contributed by atoms with Gasteiger partial charge in [-0.05, 0) is 36.8 Å². The van der Waals surface area contributed by atoms with Gasteiger partial charge in [0.25, 0.3) is 5.91 Å². The van der Waals surface area contributed by atoms with Crippen LogP contribution < -0.4 is 4.90 Å². The zero-order valence-corrected chi connectivity index (χ0v) is 18.3. The van der Waals surface area contributed by atoms with E-state index in [0.29, 0.717) is 44.4 Å². The van der Waals surface area contributed by atoms with Crippen LogP contribution in [0.1, 0.15) is 27.9 Å². The van der Waals surface area contributed by atoms with Crippen LogP contribution in [0.4, 0.5) is 27.6 Å². The molecule has 0 saturated carbocycles. The van der Waals surface area contributed by atoms with E-state index >= 15 is 0 Å². The molecular weight excluding hydrogens is 457 g/mol. The molecular formula is C24H22F5N3O2. The molecule has 2 fully saturated rings. The van der Waals surface area contributed by atoms with Gasteiger partial charge in [-0.3, -0.25) is 4.79 Å². The van der Waals surface area contributed by atoms with Gasteiger partial charge in [-0.25, -0.2) is 8.78 Å². The Morgan fingerprint density at radius 1 is 1.21 bits per heavy atom. The van der Waals surface area contributed by atoms with Crippen molar-refractivity contribution in [1.82, 2.24) is 4.90 Å². The van der Waals surface area contributed by atoms with Gasteiger partial charge in [0, 0.05) is 56.4 Å². The van der Waals surface area contributed by atoms with E-state index in [4.69, 9.17) is 10.00 Å². The van der Waals surface area contributed by atoms with Crippen LogP contribution in [-0.4, -0.2) is 50.7 Å². The number of piperidine rings is 1. The van der Waals surface area contributed by atoms with E-state index in [1.54, 1.807) is 13.2 Å². The number of methoxy groups -OCH3 is 1. The van der Waals surface area contributed by atoms with Crippen LogP contribution in [0.5, 0.6) is 0 Å². The highest BCUT2D eigenvalue weighted by Gasteiger charge is 2.50. The van der Waals surface area contributed by atoms with E-state index in [1.807, 2.05) is 4.90 Å². The number of nitriles is 1. The molecule has 0 aliphatic carbocycles. The number of nitrogens with zero attached hydrogens (tertiary/aromatic N) is 3. The summed E-state index contributed by atoms with van der Waals surface area (Å²) in [7, 11) is 1.54. The molecule has 2 heterocycles. The summed E-state index contributed by atoms with van der Waals surface area (Å²) in [5.41, 5.74) is -1.74. The zero-order valence-electron chi connectivity index (χ0n) is 18.3. The van der Waals surface area contributed by atoms with Gasteiger partial charge in [-0.15, -0.1) is 0 Å². The average molecular weight is 479 g/mol. The van der Waals surface area contributed by atoms with Crippen molar-refractivity contribution in [3.05, 3.63) is 64.7 Å². The average Bonchev–Trinajstić information content (AvgIpc) is 3.16. The highest BCUT2D eigenvalue weighted by molar-refractivity contribution is 5.94. The first-order valence-corrected chi connectivity index (χ1v) is 10.7. The lowest BCUT2D eigenvalue weighted by atomic mass is 9.73. The number of hydrogen-bond acceptors (Lipinski definition) is 4. The monoisotopic (exact) mass is 479 g/mol. The molecule has 0 bridgehead atoms. The van der Waals surface area contributed by atoms with E-state index in [0.717, 1.165) is 24.3 Å². The predicted molar refractivity (Wildman–Crippen MR) is 113 cm³/mol. The first kappa shape index (κ1) is 24.0. The minimum Gasteiger partial charge on any atom is -0.384 e. The van der Waals surface area contributed by atoms with Crippen LogP contribution in [0.15, 0.2) is 36.4 Å². The fourth-order valence-corrected chi connectivity index (χ4v) is 5.08. The Kier molecular flexibility index (Phi) is 6.25. The third-order valence-electron chi connectivity index (χ3n) is 6.81. The van der Waals surface area contributed by atoms with Crippen molar-refractivity contribution in [2.24, 2.45) is 11.3 Å². The zero-order chi connectivity index (χ0) is 24.7. The number of benzene rings is 2. The van der Waals surface area contributed by atoms with E-state index in [9.17, 15) is 26.7 Å². The van der Waals surface area contributed by atoms with Crippen molar-refractivity contribution in [3.8, 4) is 6.07 Å². The number of anilines is 1. The van der Waals surface area contributed by atoms with Gasteiger partial charge < -0.3 is 14.5 Å². The van der Waals surface area contributed by atoms with Crippen LogP contribution in [0, 0.1) is 34.3 Å². The van der Waals surface area contributed by atoms with Crippen molar-refractivity contribution >= 4 is 11.6 Å². The molecule has 1 amide bonds. The maximum Gasteiger partial charge on any atom is 0.417 e. The number of amides is 1. The Labute approximate surface area is 193 Å². The lowest BCUT2D eigenvalue weighted by molar-refractivity contribution is -0.137. The quantitative estimate of drug-likeness (QED) is 0.608. The number of fused-ring (bicyclic) bond motifs is 1. The number of carbonyl (C=O) groups excluding carboxylic acids is 1. The second-order valence-electron chi connectivity index (χ2n) is 8.84. The normalized spacial score (nSPS) is 22.4. The smallest absolute Gasteiger partial charge is 0.384 e. The molecule has 2 unspecified atom stereocenters. The second kappa shape index (κ2) is 8.87. The topological polar surface area (TPSA) is 56.6 Å². The summed E-state index contributed by atoms with van der Waals surface area (Å²) in [4.78, 5) is 16.2. The SMILES string of the molecule is COCC12CCN(C(=O)c3ccc(F)cc3F)CC1CN(c1ccc(C#N)c(C(F)(F)F)c1)C2. The summed E-state index contributed by atoms with van der Waals surface area (Å²) in [5, 5.41) is 9.06. The molecule has 5 nitrogen and oxygen atoms in total. The summed E-state index contributed by atoms with van der Waals surface area (Å²) < 4.78 is 73.3. The first-order valence-electron chi connectivity index (χ1n) is 10.7. The Bertz CT molecular complexity index is 1150. The minimum absolute atomic E-state index is 0.140. The molecule has 0 N–H and O–H groups in total. The van der Waals surface area contributed by atoms with Gasteiger partial charge in [-0.1, -0.05) is 0 Å². The van der Waals surface area contributed by atoms with E-state index in [1.165, 1.54) is 11.0 Å². The standard InChI is InChI=1S/C24H22F5N3O2/c1-34-14-23-6-7-31(22(33)19-5-3-17(25)8-21(19)26)11-16(23)12-32(13-23)18-4-2-15(10-30)20(9-18)24(27,28)29/h2-5,8-9,16H,6-7,11-14H2,1H3. The first-order chi connectivity index (χ1) is 16.1. The largest absolute Gasteiger partial charge is 0.417 e. The molecule has 4 rings (SSSR count). The van der Waals surface area contributed by atoms with E-state index < -0.39 is 40.3 Å². The van der Waals surface area contributed by atoms with Gasteiger partial charge in [0.15, 0.2) is 0 Å². The van der Waals surface area contributed by atoms with Crippen molar-refractivity contribution in [2.45, 2.75) is 12.6 Å². The van der Waals surface area contributed by atoms with Crippen LogP contribution in [0.25, 0.3) is 0 Å². The molecule has 2 aliphatic heterocycles. The Hall–Kier alpha value is -3.19. The number of rotatable bonds is 4. The van der Waals surface area contributed by atoms with E-state index in [2.05, 4.69) is 0 Å². The van der Waals surface area contributed by atoms with Gasteiger partial charge in [0.05, 0.1) is 29.4 Å². The molecule has 0 spiro atoms. The fourth-order valence-electron chi connectivity index (χ4n) is 5.08. The van der Waals surface area contributed by atoms with Crippen LogP contribution >= 0.6 is 0 Å². The van der Waals surface area contributed by atoms with E-state index in [-0.39, 0.29) is 18.0 Å². The van der Waals surface area contributed by atoms with Gasteiger partial charge in [0.2, 0.25) is 0 Å². The highest BCUT2D eigenvalue weighted by Crippen LogP contribution is 2.45. The predicted octanol–water partition coefficient (Wildman–Crippen LogP) is 4.47. The summed E-state index contributed by atoms with van der Waals surface area (Å²) in [6, 6.07) is 8.01. The number of hydrogen-bond donors (Lipinski definition) is 0. The van der Waals surface area contributed by atoms with Crippen LogP contribution in [0.3, 0.4) is 0 Å². The molecule has 2 aromatic carbocycles. The number of carbonyl (C=O) groups is 1. The molecule has 2 aromatic rings. The summed E-state index contributed by atoms with van der Waals surface area (Å²) in [5.74, 6) is -2.42. The third kappa shape index (κ3) is 4.32. The van der Waals surface area contributed by atoms with Crippen LogP contribution in [0.2, 0.25) is 0 Å². The van der Waals surface area contributed by atoms with Gasteiger partial charge in [0.1, 0.15) is 11.6 Å². The van der Waals surface area contributed by atoms with Crippen molar-refractivity contribution < 1.29 is 31.5 Å². The van der Waals surface area contributed by atoms with Crippen LogP contribution in [-0.2, 0) is 10.9 Å². The highest BCUT2D eigenvalue weighted by atomic mass is 19.4. The molecule has 0 radical (unpaired) electrons. The molecule has 34 heavy (non-hydrogen) atoms. The van der Waals surface area contributed by atoms with Crippen molar-refractivity contribution in [1.29, 1.82) is 5.26 Å². The molecule has 2 atom stereocenters. The molecule has 10 heteroatoms. The third-order valence-corrected chi connectivity index (χ3v) is 6.81. The molecule has 0 aromatic heterocycles. The Balaban J connectivity index is 1.60. The lowest BCUT2D eigenvalue weighted by Crippen LogP contribution is -2.51. The second-order valence-corrected chi connectivity index (χ2v) is 8.84. The number of halogens is 5. The van der Waals surface area contributed by atoms with Gasteiger partial charge in [-0.2, -0.15) is 18.4 Å². The fraction of sp³-hybridized carbons (Fsp3) is 0.417. The Morgan fingerprint density at radius 2 is 1.97 bits per heavy atom. The van der Waals surface area contributed by atoms with Gasteiger partial charge >= 0.3 is 6.18 Å². The summed E-state index contributed by atoms with van der Waals surface area (Å²) >= 11 is 0. The van der Waals surface area contributed by atoms with Crippen molar-refractivity contribution in [3.63, 3.8) is 0 Å². The number of alkyl halides is 3. The maximum atomic E-state index is 14.2. The minimum atomic E-state index is -4.67. The summed E-state index contributed by atoms with van der Waals surface area (Å²) in [6.45, 7) is 1.70. The lowest BCUT2D eigenvalue weighted by Gasteiger charge is -2.43. The summed E-state index contributed by atoms with van der Waals surface area (Å²) in [6.07, 6.45) is -4.15. The number of ether oxygens (including phenoxy) is 1. The molecule has 2 saturated heterocycles. The Morgan fingerprint density at radius 3 is 2.62 bits per heavy atom. The maximum absolute atomic E-state index is 14.2.